The number of ether oxygens (including phenoxy) is 5. The summed E-state index contributed by atoms with van der Waals surface area (Å²) in [7, 11) is 2.09. The molecule has 3 aromatic heterocycles. The number of carbonyl (C=O) groups excluding carboxylic acids is 3. The van der Waals surface area contributed by atoms with E-state index in [1.807, 2.05) is 40.7 Å². The molecule has 4 heterocycles. The molecule has 524 valence electrons. The zero-order chi connectivity index (χ0) is 71.8. The molecule has 7 rings (SSSR count). The normalized spacial score (nSPS) is 17.1. The van der Waals surface area contributed by atoms with Crippen molar-refractivity contribution in [2.75, 3.05) is 59.8 Å². The number of aliphatic hydroxyl groups excluding tert-OH is 7. The summed E-state index contributed by atoms with van der Waals surface area (Å²) in [6.07, 6.45) is -4.58. The Morgan fingerprint density at radius 1 is 0.670 bits per heavy atom. The number of unbranched alkanes of at least 4 members (excludes halogenated alkanes) is 1. The molecule has 2 amide bonds. The van der Waals surface area contributed by atoms with E-state index in [0.29, 0.717) is 131 Å². The molecule has 1 fully saturated rings. The summed E-state index contributed by atoms with van der Waals surface area (Å²) in [6, 6.07) is 13.9. The van der Waals surface area contributed by atoms with Gasteiger partial charge in [0.2, 0.25) is 17.1 Å². The van der Waals surface area contributed by atoms with E-state index in [4.69, 9.17) is 48.5 Å². The number of rotatable bonds is 30. The van der Waals surface area contributed by atoms with E-state index in [-0.39, 0.29) is 10.8 Å². The summed E-state index contributed by atoms with van der Waals surface area (Å²) in [5.74, 6) is 1.26. The fourth-order valence-corrected chi connectivity index (χ4v) is 12.3. The van der Waals surface area contributed by atoms with Crippen molar-refractivity contribution in [3.8, 4) is 49.0 Å². The summed E-state index contributed by atoms with van der Waals surface area (Å²) < 4.78 is 28.1. The van der Waals surface area contributed by atoms with E-state index < -0.39 is 79.8 Å². The van der Waals surface area contributed by atoms with Crippen molar-refractivity contribution in [3.63, 3.8) is 0 Å². The Labute approximate surface area is 580 Å². The van der Waals surface area contributed by atoms with E-state index in [1.54, 1.807) is 69.3 Å². The van der Waals surface area contributed by atoms with E-state index in [9.17, 15) is 45.0 Å². The van der Waals surface area contributed by atoms with Gasteiger partial charge in [-0.3, -0.25) is 9.59 Å². The SMILES string of the molecule is [C-]#[N+]c1cc(-c2nc(C)c(C(=O)NC(C=C)C(O)C(O)C(O)CO)s2)ccc1OCC(C)C.[C-]#[N+]c1cc(-c2nc(C)c(C(=O)NC3C(C)OC(CO)C(O)C3O)s2)ccc1OCC(C)C.[C-]#[N+]c1cc(-c2nc(C)c(C(=O)OCCCN(C)CCCC)s2)ccc1OCC(C)C. The van der Waals surface area contributed by atoms with Crippen molar-refractivity contribution in [1.29, 1.82) is 0 Å². The number of esters is 1. The highest BCUT2D eigenvalue weighted by Gasteiger charge is 2.43. The molecule has 6 aromatic rings. The van der Waals surface area contributed by atoms with E-state index in [2.05, 4.69) is 79.4 Å². The fourth-order valence-electron chi connectivity index (χ4n) is 9.39. The van der Waals surface area contributed by atoms with Crippen LogP contribution in [-0.2, 0) is 9.47 Å². The Morgan fingerprint density at radius 2 is 1.09 bits per heavy atom. The minimum atomic E-state index is -1.68. The summed E-state index contributed by atoms with van der Waals surface area (Å²) in [5.41, 5.74) is 4.92. The Balaban J connectivity index is 0.000000263. The van der Waals surface area contributed by atoms with Gasteiger partial charge in [-0.05, 0) is 108 Å². The van der Waals surface area contributed by atoms with Crippen LogP contribution in [0, 0.1) is 58.2 Å². The largest absolute Gasteiger partial charge is 0.504 e. The summed E-state index contributed by atoms with van der Waals surface area (Å²) in [5, 5.41) is 75.5. The van der Waals surface area contributed by atoms with Gasteiger partial charge in [-0.1, -0.05) is 79.2 Å². The minimum Gasteiger partial charge on any atom is -0.504 e. The van der Waals surface area contributed by atoms with Crippen LogP contribution in [-0.4, -0.2) is 188 Å². The van der Waals surface area contributed by atoms with E-state index in [0.717, 1.165) is 36.4 Å². The first-order chi connectivity index (χ1) is 46.1. The van der Waals surface area contributed by atoms with Crippen molar-refractivity contribution >= 4 is 68.9 Å². The lowest BCUT2D eigenvalue weighted by atomic mass is 9.93. The highest BCUT2D eigenvalue weighted by atomic mass is 32.1. The zero-order valence-corrected chi connectivity index (χ0v) is 59.4. The molecular weight excluding hydrogens is 1300 g/mol. The fraction of sp³-hybridized carbons (Fsp3) is 0.500. The first kappa shape index (κ1) is 79.9. The van der Waals surface area contributed by atoms with Crippen LogP contribution in [0.2, 0.25) is 0 Å². The van der Waals surface area contributed by atoms with Crippen LogP contribution in [0.4, 0.5) is 17.1 Å². The summed E-state index contributed by atoms with van der Waals surface area (Å²) >= 11 is 3.58. The molecule has 1 aliphatic heterocycles. The number of aliphatic hydroxyl groups is 7. The Kier molecular flexibility index (Phi) is 32.1. The number of nitrogens with one attached hydrogen (secondary N) is 2. The predicted octanol–water partition coefficient (Wildman–Crippen LogP) is 10.4. The lowest BCUT2D eigenvalue weighted by molar-refractivity contribution is -0.187. The molecule has 1 aliphatic rings. The first-order valence-corrected chi connectivity index (χ1v) is 34.3. The smallest absolute Gasteiger partial charge is 0.350 e. The van der Waals surface area contributed by atoms with Gasteiger partial charge in [0, 0.05) is 23.2 Å². The van der Waals surface area contributed by atoms with Crippen molar-refractivity contribution in [2.24, 2.45) is 17.8 Å². The number of aryl methyl sites for hydroxylation is 3. The van der Waals surface area contributed by atoms with Crippen LogP contribution in [0.3, 0.4) is 0 Å². The van der Waals surface area contributed by atoms with Gasteiger partial charge in [-0.15, -0.1) is 40.6 Å². The maximum absolute atomic E-state index is 12.9. The number of hydrogen-bond acceptors (Lipinski definition) is 22. The second kappa shape index (κ2) is 39.0. The molecule has 0 saturated carbocycles. The molecule has 0 spiro atoms. The molecular formula is C70H91N9O15S3. The van der Waals surface area contributed by atoms with Crippen molar-refractivity contribution < 1.29 is 73.8 Å². The molecule has 9 N–H and O–H groups in total. The third kappa shape index (κ3) is 22.9. The van der Waals surface area contributed by atoms with Gasteiger partial charge in [0.25, 0.3) is 11.8 Å². The maximum Gasteiger partial charge on any atom is 0.350 e. The highest BCUT2D eigenvalue weighted by molar-refractivity contribution is 7.17. The summed E-state index contributed by atoms with van der Waals surface area (Å²) in [4.78, 5) is 65.8. The average Bonchev–Trinajstić information content (AvgIpc) is 1.74. The van der Waals surface area contributed by atoms with E-state index in [1.165, 1.54) is 41.6 Å². The number of aromatic nitrogens is 3. The topological polar surface area (TPSA) is 318 Å². The quantitative estimate of drug-likeness (QED) is 0.00876. The molecule has 0 radical (unpaired) electrons. The molecule has 0 aliphatic carbocycles. The molecule has 9 atom stereocenters. The van der Waals surface area contributed by atoms with Crippen molar-refractivity contribution in [3.05, 3.63) is 133 Å². The molecule has 97 heavy (non-hydrogen) atoms. The third-order valence-electron chi connectivity index (χ3n) is 14.8. The van der Waals surface area contributed by atoms with Crippen LogP contribution in [0.25, 0.3) is 46.2 Å². The second-order valence-corrected chi connectivity index (χ2v) is 27.5. The van der Waals surface area contributed by atoms with Crippen LogP contribution in [0.1, 0.15) is 121 Å². The number of hydrogen-bond donors (Lipinski definition) is 9. The maximum atomic E-state index is 12.9. The summed E-state index contributed by atoms with van der Waals surface area (Å²) in [6.45, 7) is 49.9. The molecule has 0 bridgehead atoms. The third-order valence-corrected chi connectivity index (χ3v) is 18.4. The van der Waals surface area contributed by atoms with Gasteiger partial charge in [-0.25, -0.2) is 34.3 Å². The predicted molar refractivity (Wildman–Crippen MR) is 375 cm³/mol. The highest BCUT2D eigenvalue weighted by Crippen LogP contribution is 2.39. The van der Waals surface area contributed by atoms with Gasteiger partial charge in [0.05, 0.1) is 94.6 Å². The Bertz CT molecular complexity index is 3700. The molecule has 1 saturated heterocycles. The second-order valence-electron chi connectivity index (χ2n) is 24.5. The Hall–Kier alpha value is -7.79. The van der Waals surface area contributed by atoms with E-state index >= 15 is 0 Å². The molecule has 3 aromatic carbocycles. The number of carbonyl (C=O) groups is 3. The lowest BCUT2D eigenvalue weighted by Gasteiger charge is -2.41. The molecule has 9 unspecified atom stereocenters. The molecule has 24 nitrogen and oxygen atoms in total. The standard InChI is InChI=1S/C24H33N3O3S.2C23H29N3O6S/c1-7-8-12-27(6)13-9-14-29-24(28)22-18(4)26-23(31-22)19-10-11-21(20(15-19)25-5)30-16-17(2)3;1-11(2)10-31-16-7-6-14(8-15(16)24-5)23-25-12(3)21(33-23)22(30)26-18-13(4)32-17(9-27)19(28)20(18)29;1-6-15(19(29)20(30)17(28)10-27)26-22(31)21-13(4)25-23(33-21)14-7-8-18(16(9-14)24-5)32-11-12(2)3/h10-11,15,17H,7-9,12-14,16H2,1-4,6H3;6-8,11,13,17-20,27-29H,9-10H2,1-4H3,(H,26,30);6-9,12,15,17,19-20,27-30H,1,10-11H2,2-4H3,(H,26,31). The lowest BCUT2D eigenvalue weighted by Crippen LogP contribution is -2.63. The number of nitrogens with zero attached hydrogens (tertiary/aromatic N) is 7. The zero-order valence-electron chi connectivity index (χ0n) is 56.9. The number of benzene rings is 3. The van der Waals surface area contributed by atoms with Crippen molar-refractivity contribution in [1.82, 2.24) is 30.5 Å². The number of amides is 2. The van der Waals surface area contributed by atoms with Gasteiger partial charge >= 0.3 is 5.97 Å². The van der Waals surface area contributed by atoms with Gasteiger partial charge < -0.3 is 75.0 Å². The van der Waals surface area contributed by atoms with Gasteiger partial charge in [0.15, 0.2) is 0 Å². The van der Waals surface area contributed by atoms with Crippen LogP contribution < -0.4 is 24.8 Å². The van der Waals surface area contributed by atoms with Gasteiger partial charge in [0.1, 0.15) is 83.5 Å². The van der Waals surface area contributed by atoms with Gasteiger partial charge in [-0.2, -0.15) is 0 Å². The van der Waals surface area contributed by atoms with Crippen molar-refractivity contribution in [2.45, 2.75) is 150 Å². The number of thiazole rings is 3. The van der Waals surface area contributed by atoms with Crippen LogP contribution >= 0.6 is 34.0 Å². The average molecular weight is 1390 g/mol. The minimum absolute atomic E-state index is 0.283. The van der Waals surface area contributed by atoms with Crippen LogP contribution in [0.5, 0.6) is 17.2 Å². The monoisotopic (exact) mass is 1390 g/mol. The molecule has 27 heteroatoms. The Morgan fingerprint density at radius 3 is 1.49 bits per heavy atom. The first-order valence-electron chi connectivity index (χ1n) is 31.9. The van der Waals surface area contributed by atoms with Crippen LogP contribution in [0.15, 0.2) is 67.3 Å².